The third-order valence-corrected chi connectivity index (χ3v) is 6.02. The SMILES string of the molecule is COc1cc(Br)cc(C2NC(C(=O)O)CS2)c1OCCOc1ccccc1C. The highest BCUT2D eigenvalue weighted by molar-refractivity contribution is 9.10. The van der Waals surface area contributed by atoms with E-state index in [4.69, 9.17) is 14.2 Å². The number of hydrogen-bond acceptors (Lipinski definition) is 6. The van der Waals surface area contributed by atoms with Crippen molar-refractivity contribution in [2.45, 2.75) is 18.3 Å². The number of benzene rings is 2. The van der Waals surface area contributed by atoms with Gasteiger partial charge in [0.1, 0.15) is 25.0 Å². The highest BCUT2D eigenvalue weighted by atomic mass is 79.9. The van der Waals surface area contributed by atoms with E-state index in [9.17, 15) is 9.90 Å². The molecule has 2 N–H and O–H groups in total. The van der Waals surface area contributed by atoms with Gasteiger partial charge in [0.05, 0.1) is 12.5 Å². The number of para-hydroxylation sites is 1. The van der Waals surface area contributed by atoms with Gasteiger partial charge in [-0.25, -0.2) is 0 Å². The molecule has 0 saturated carbocycles. The highest BCUT2D eigenvalue weighted by Crippen LogP contribution is 2.44. The first-order valence-corrected chi connectivity index (χ1v) is 10.6. The lowest BCUT2D eigenvalue weighted by atomic mass is 10.1. The normalized spacial score (nSPS) is 18.7. The van der Waals surface area contributed by atoms with Crippen LogP contribution in [0.3, 0.4) is 0 Å². The number of carboxylic acid groups (broad SMARTS) is 1. The van der Waals surface area contributed by atoms with Crippen molar-refractivity contribution in [1.29, 1.82) is 0 Å². The van der Waals surface area contributed by atoms with Crippen molar-refractivity contribution in [1.82, 2.24) is 5.32 Å². The molecule has 1 aliphatic heterocycles. The third-order valence-electron chi connectivity index (χ3n) is 4.31. The quantitative estimate of drug-likeness (QED) is 0.567. The number of carboxylic acids is 1. The van der Waals surface area contributed by atoms with Gasteiger partial charge >= 0.3 is 5.97 Å². The summed E-state index contributed by atoms with van der Waals surface area (Å²) in [5.41, 5.74) is 1.91. The smallest absolute Gasteiger partial charge is 0.321 e. The number of aryl methyl sites for hydroxylation is 1. The molecule has 1 aliphatic rings. The van der Waals surface area contributed by atoms with Gasteiger partial charge in [-0.05, 0) is 30.7 Å². The van der Waals surface area contributed by atoms with Crippen LogP contribution in [0, 0.1) is 6.92 Å². The fourth-order valence-electron chi connectivity index (χ4n) is 2.90. The molecular weight excluding hydrogens is 446 g/mol. The first kappa shape index (κ1) is 20.8. The van der Waals surface area contributed by atoms with E-state index in [0.717, 1.165) is 21.3 Å². The van der Waals surface area contributed by atoms with Gasteiger partial charge in [-0.2, -0.15) is 0 Å². The van der Waals surface area contributed by atoms with Crippen molar-refractivity contribution in [2.24, 2.45) is 0 Å². The van der Waals surface area contributed by atoms with Gasteiger partial charge in [-0.3, -0.25) is 10.1 Å². The van der Waals surface area contributed by atoms with E-state index < -0.39 is 12.0 Å². The molecule has 8 heteroatoms. The number of methoxy groups -OCH3 is 1. The van der Waals surface area contributed by atoms with E-state index in [0.29, 0.717) is 30.5 Å². The third kappa shape index (κ3) is 4.92. The molecule has 6 nitrogen and oxygen atoms in total. The highest BCUT2D eigenvalue weighted by Gasteiger charge is 2.33. The molecule has 1 saturated heterocycles. The molecule has 0 bridgehead atoms. The van der Waals surface area contributed by atoms with Crippen LogP contribution >= 0.6 is 27.7 Å². The molecule has 0 amide bonds. The van der Waals surface area contributed by atoms with Crippen LogP contribution in [0.15, 0.2) is 40.9 Å². The zero-order valence-electron chi connectivity index (χ0n) is 15.6. The number of thioether (sulfide) groups is 1. The maximum atomic E-state index is 11.3. The van der Waals surface area contributed by atoms with Gasteiger partial charge in [0, 0.05) is 15.8 Å². The topological polar surface area (TPSA) is 77.0 Å². The Morgan fingerprint density at radius 2 is 2.00 bits per heavy atom. The molecule has 1 fully saturated rings. The van der Waals surface area contributed by atoms with Crippen molar-refractivity contribution in [3.63, 3.8) is 0 Å². The Bertz CT molecular complexity index is 847. The Balaban J connectivity index is 1.72. The molecular formula is C20H22BrNO5S. The fourth-order valence-corrected chi connectivity index (χ4v) is 4.59. The Hall–Kier alpha value is -1.90. The predicted octanol–water partition coefficient (Wildman–Crippen LogP) is 4.01. The van der Waals surface area contributed by atoms with Crippen LogP contribution in [0.5, 0.6) is 17.2 Å². The molecule has 2 aromatic rings. The molecule has 2 unspecified atom stereocenters. The number of carbonyl (C=O) groups is 1. The Morgan fingerprint density at radius 3 is 2.68 bits per heavy atom. The summed E-state index contributed by atoms with van der Waals surface area (Å²) in [4.78, 5) is 11.3. The van der Waals surface area contributed by atoms with E-state index in [1.807, 2.05) is 43.3 Å². The fraction of sp³-hybridized carbons (Fsp3) is 0.350. The largest absolute Gasteiger partial charge is 0.493 e. The second-order valence-electron chi connectivity index (χ2n) is 6.26. The summed E-state index contributed by atoms with van der Waals surface area (Å²) in [5.74, 6) is 1.64. The molecule has 0 aromatic heterocycles. The van der Waals surface area contributed by atoms with Gasteiger partial charge in [0.25, 0.3) is 0 Å². The van der Waals surface area contributed by atoms with Crippen molar-refractivity contribution >= 4 is 33.7 Å². The minimum absolute atomic E-state index is 0.195. The Labute approximate surface area is 176 Å². The lowest BCUT2D eigenvalue weighted by Gasteiger charge is -2.20. The molecule has 1 heterocycles. The minimum Gasteiger partial charge on any atom is -0.493 e. The summed E-state index contributed by atoms with van der Waals surface area (Å²) in [7, 11) is 1.58. The molecule has 2 atom stereocenters. The van der Waals surface area contributed by atoms with E-state index in [-0.39, 0.29) is 5.37 Å². The zero-order valence-corrected chi connectivity index (χ0v) is 18.0. The molecule has 3 rings (SSSR count). The van der Waals surface area contributed by atoms with E-state index in [2.05, 4.69) is 21.2 Å². The molecule has 28 heavy (non-hydrogen) atoms. The maximum Gasteiger partial charge on any atom is 0.321 e. The van der Waals surface area contributed by atoms with Crippen LogP contribution in [-0.4, -0.2) is 43.2 Å². The summed E-state index contributed by atoms with van der Waals surface area (Å²) in [6, 6.07) is 11.0. The maximum absolute atomic E-state index is 11.3. The Kier molecular flexibility index (Phi) is 7.09. The van der Waals surface area contributed by atoms with Crippen molar-refractivity contribution < 1.29 is 24.1 Å². The lowest BCUT2D eigenvalue weighted by Crippen LogP contribution is -2.33. The van der Waals surface area contributed by atoms with Crippen LogP contribution in [0.4, 0.5) is 0 Å². The molecule has 0 radical (unpaired) electrons. The summed E-state index contributed by atoms with van der Waals surface area (Å²) < 4.78 is 18.1. The summed E-state index contributed by atoms with van der Waals surface area (Å²) in [5, 5.41) is 12.2. The summed E-state index contributed by atoms with van der Waals surface area (Å²) in [6.45, 7) is 2.71. The standard InChI is InChI=1S/C20H22BrNO5S/c1-12-5-3-4-6-16(12)26-7-8-27-18-14(9-13(21)10-17(18)25-2)19-22-15(11-28-19)20(23)24/h3-6,9-10,15,19,22H,7-8,11H2,1-2H3,(H,23,24). The van der Waals surface area contributed by atoms with Crippen molar-refractivity contribution in [2.75, 3.05) is 26.1 Å². The molecule has 150 valence electrons. The van der Waals surface area contributed by atoms with Crippen LogP contribution in [0.25, 0.3) is 0 Å². The van der Waals surface area contributed by atoms with Crippen LogP contribution < -0.4 is 19.5 Å². The number of rotatable bonds is 8. The average Bonchev–Trinajstić information content (AvgIpc) is 3.17. The van der Waals surface area contributed by atoms with Gasteiger partial charge in [0.15, 0.2) is 11.5 Å². The number of hydrogen-bond donors (Lipinski definition) is 2. The lowest BCUT2D eigenvalue weighted by molar-refractivity contribution is -0.138. The first-order chi connectivity index (χ1) is 13.5. The number of aliphatic carboxylic acids is 1. The predicted molar refractivity (Wildman–Crippen MR) is 113 cm³/mol. The van der Waals surface area contributed by atoms with Crippen LogP contribution in [-0.2, 0) is 4.79 Å². The van der Waals surface area contributed by atoms with Crippen molar-refractivity contribution in [3.05, 3.63) is 52.0 Å². The number of ether oxygens (including phenoxy) is 3. The molecule has 0 aliphatic carbocycles. The molecule has 2 aromatic carbocycles. The van der Waals surface area contributed by atoms with Gasteiger partial charge in [-0.15, -0.1) is 11.8 Å². The summed E-state index contributed by atoms with van der Waals surface area (Å²) >= 11 is 5.02. The average molecular weight is 468 g/mol. The summed E-state index contributed by atoms with van der Waals surface area (Å²) in [6.07, 6.45) is 0. The van der Waals surface area contributed by atoms with Gasteiger partial charge in [0.2, 0.25) is 0 Å². The van der Waals surface area contributed by atoms with Crippen LogP contribution in [0.2, 0.25) is 0 Å². The van der Waals surface area contributed by atoms with E-state index in [1.54, 1.807) is 7.11 Å². The van der Waals surface area contributed by atoms with E-state index >= 15 is 0 Å². The number of nitrogens with one attached hydrogen (secondary N) is 1. The molecule has 0 spiro atoms. The van der Waals surface area contributed by atoms with Gasteiger partial charge in [-0.1, -0.05) is 34.1 Å². The second kappa shape index (κ2) is 9.54. The zero-order chi connectivity index (χ0) is 20.1. The van der Waals surface area contributed by atoms with Gasteiger partial charge < -0.3 is 19.3 Å². The second-order valence-corrected chi connectivity index (χ2v) is 8.31. The van der Waals surface area contributed by atoms with Crippen LogP contribution in [0.1, 0.15) is 16.5 Å². The minimum atomic E-state index is -0.855. The Morgan fingerprint density at radius 1 is 1.25 bits per heavy atom. The first-order valence-electron chi connectivity index (χ1n) is 8.78. The van der Waals surface area contributed by atoms with E-state index in [1.165, 1.54) is 11.8 Å². The van der Waals surface area contributed by atoms with Crippen molar-refractivity contribution in [3.8, 4) is 17.2 Å². The monoisotopic (exact) mass is 467 g/mol. The number of halogens is 1.